The summed E-state index contributed by atoms with van der Waals surface area (Å²) in [6, 6.07) is 2.74. The van der Waals surface area contributed by atoms with Crippen LogP contribution in [0, 0.1) is 5.92 Å². The van der Waals surface area contributed by atoms with Gasteiger partial charge in [-0.2, -0.15) is 4.68 Å². The predicted octanol–water partition coefficient (Wildman–Crippen LogP) is 3.64. The van der Waals surface area contributed by atoms with Crippen molar-refractivity contribution in [1.29, 1.82) is 0 Å². The first-order valence-corrected chi connectivity index (χ1v) is 11.3. The summed E-state index contributed by atoms with van der Waals surface area (Å²) in [5.74, 6) is -2.68. The van der Waals surface area contributed by atoms with Gasteiger partial charge in [-0.3, -0.25) is 4.90 Å². The van der Waals surface area contributed by atoms with Crippen LogP contribution in [0.4, 0.5) is 19.3 Å². The number of aromatic carboxylic acids is 1. The largest absolute Gasteiger partial charge is 0.495 e. The summed E-state index contributed by atoms with van der Waals surface area (Å²) in [7, 11) is 1.37. The molecule has 1 aromatic carbocycles. The number of allylic oxidation sites excluding steroid dienone is 4. The number of hydrogen-bond acceptors (Lipinski definition) is 6. The van der Waals surface area contributed by atoms with E-state index in [1.54, 1.807) is 0 Å². The Bertz CT molecular complexity index is 1260. The molecule has 1 saturated carbocycles. The number of nitrogens with zero attached hydrogens (tertiary/aromatic N) is 5. The minimum atomic E-state index is -1.86. The SMILES string of the molecule is COc1ccc(C(=O)O)cc1N(C(=O)n1nnn(C2=C(F)C=CC(C)C2F)c1=O)C1CCCCC1. The molecule has 0 spiro atoms. The van der Waals surface area contributed by atoms with Gasteiger partial charge in [-0.25, -0.2) is 23.2 Å². The smallest absolute Gasteiger partial charge is 0.377 e. The van der Waals surface area contributed by atoms with Crippen molar-refractivity contribution in [2.45, 2.75) is 51.2 Å². The molecular weight excluding hydrogens is 464 g/mol. The van der Waals surface area contributed by atoms with Gasteiger partial charge in [0.05, 0.1) is 18.4 Å². The van der Waals surface area contributed by atoms with Gasteiger partial charge in [0, 0.05) is 12.0 Å². The fraction of sp³-hybridized carbons (Fsp3) is 0.435. The summed E-state index contributed by atoms with van der Waals surface area (Å²) in [5.41, 5.74) is -1.70. The number of alkyl halides is 1. The Labute approximate surface area is 199 Å². The Kier molecular flexibility index (Phi) is 6.81. The zero-order chi connectivity index (χ0) is 25.3. The van der Waals surface area contributed by atoms with Crippen LogP contribution in [0.25, 0.3) is 5.70 Å². The first kappa shape index (κ1) is 24.3. The number of aromatic nitrogens is 4. The van der Waals surface area contributed by atoms with Crippen molar-refractivity contribution in [1.82, 2.24) is 19.8 Å². The van der Waals surface area contributed by atoms with E-state index in [0.29, 0.717) is 22.2 Å². The van der Waals surface area contributed by atoms with Gasteiger partial charge in [-0.1, -0.05) is 32.3 Å². The quantitative estimate of drug-likeness (QED) is 0.637. The topological polar surface area (TPSA) is 120 Å². The van der Waals surface area contributed by atoms with Gasteiger partial charge >= 0.3 is 17.7 Å². The summed E-state index contributed by atoms with van der Waals surface area (Å²) in [6.07, 6.45) is 4.33. The zero-order valence-electron chi connectivity index (χ0n) is 19.2. The van der Waals surface area contributed by atoms with E-state index in [2.05, 4.69) is 10.4 Å². The van der Waals surface area contributed by atoms with Crippen molar-refractivity contribution < 1.29 is 28.2 Å². The van der Waals surface area contributed by atoms with Crippen molar-refractivity contribution in [2.75, 3.05) is 12.0 Å². The number of carboxylic acids is 1. The van der Waals surface area contributed by atoms with E-state index in [0.717, 1.165) is 25.3 Å². The van der Waals surface area contributed by atoms with E-state index in [9.17, 15) is 28.3 Å². The van der Waals surface area contributed by atoms with Crippen LogP contribution < -0.4 is 15.3 Å². The Morgan fingerprint density at radius 1 is 1.20 bits per heavy atom. The third kappa shape index (κ3) is 4.47. The maximum absolute atomic E-state index is 14.7. The van der Waals surface area contributed by atoms with Crippen molar-refractivity contribution in [3.8, 4) is 5.75 Å². The molecule has 2 aliphatic carbocycles. The molecular formula is C23H25F2N5O5. The normalized spacial score (nSPS) is 20.7. The van der Waals surface area contributed by atoms with Crippen LogP contribution in [-0.2, 0) is 0 Å². The second-order valence-corrected chi connectivity index (χ2v) is 8.57. The number of hydrogen-bond donors (Lipinski definition) is 1. The highest BCUT2D eigenvalue weighted by molar-refractivity contribution is 5.97. The molecule has 12 heteroatoms. The van der Waals surface area contributed by atoms with Gasteiger partial charge in [-0.05, 0) is 47.5 Å². The van der Waals surface area contributed by atoms with Crippen LogP contribution >= 0.6 is 0 Å². The fourth-order valence-corrected chi connectivity index (χ4v) is 4.44. The summed E-state index contributed by atoms with van der Waals surface area (Å²) in [5, 5.41) is 16.7. The van der Waals surface area contributed by atoms with E-state index >= 15 is 0 Å². The molecule has 35 heavy (non-hydrogen) atoms. The zero-order valence-corrected chi connectivity index (χ0v) is 19.2. The second-order valence-electron chi connectivity index (χ2n) is 8.57. The number of carbonyl (C=O) groups is 2. The number of rotatable bonds is 5. The third-order valence-electron chi connectivity index (χ3n) is 6.34. The molecule has 10 nitrogen and oxygen atoms in total. The number of benzene rings is 1. The highest BCUT2D eigenvalue weighted by Gasteiger charge is 2.35. The number of carbonyl (C=O) groups excluding carboxylic acids is 1. The standard InChI is InChI=1S/C23H25F2N5O5/c1-13-8-10-16(24)20(19(13)25)29-23(34)30(27-26-29)22(33)28(15-6-4-3-5-7-15)17-12-14(21(31)32)9-11-18(17)35-2/h8-13,15,19H,3-7H2,1-2H3,(H,31,32). The Balaban J connectivity index is 1.82. The number of halogens is 2. The van der Waals surface area contributed by atoms with Crippen LogP contribution in [0.2, 0.25) is 0 Å². The van der Waals surface area contributed by atoms with E-state index in [-0.39, 0.29) is 23.0 Å². The highest BCUT2D eigenvalue weighted by Crippen LogP contribution is 2.35. The van der Waals surface area contributed by atoms with Crippen LogP contribution in [-0.4, -0.2) is 56.2 Å². The molecule has 0 aliphatic heterocycles. The molecule has 1 amide bonds. The summed E-state index contributed by atoms with van der Waals surface area (Å²) in [4.78, 5) is 39.7. The van der Waals surface area contributed by atoms with Crippen molar-refractivity contribution in [3.05, 3.63) is 52.2 Å². The van der Waals surface area contributed by atoms with Crippen molar-refractivity contribution in [2.24, 2.45) is 5.92 Å². The summed E-state index contributed by atoms with van der Waals surface area (Å²) >= 11 is 0. The van der Waals surface area contributed by atoms with Gasteiger partial charge in [-0.15, -0.1) is 4.68 Å². The average molecular weight is 489 g/mol. The molecule has 1 fully saturated rings. The molecule has 0 bridgehead atoms. The van der Waals surface area contributed by atoms with E-state index < -0.39 is 41.3 Å². The number of tetrazole rings is 1. The van der Waals surface area contributed by atoms with E-state index in [1.165, 1.54) is 43.2 Å². The number of carboxylic acid groups (broad SMARTS) is 1. The number of anilines is 1. The molecule has 2 aromatic rings. The maximum Gasteiger partial charge on any atom is 0.377 e. The van der Waals surface area contributed by atoms with Crippen molar-refractivity contribution >= 4 is 23.4 Å². The average Bonchev–Trinajstić information content (AvgIpc) is 3.23. The first-order valence-electron chi connectivity index (χ1n) is 11.3. The van der Waals surface area contributed by atoms with Crippen LogP contribution in [0.5, 0.6) is 5.75 Å². The molecule has 0 saturated heterocycles. The predicted molar refractivity (Wildman–Crippen MR) is 122 cm³/mol. The van der Waals surface area contributed by atoms with Crippen LogP contribution in [0.3, 0.4) is 0 Å². The Morgan fingerprint density at radius 2 is 1.91 bits per heavy atom. The number of amides is 1. The fourth-order valence-electron chi connectivity index (χ4n) is 4.44. The molecule has 1 N–H and O–H groups in total. The van der Waals surface area contributed by atoms with E-state index in [1.807, 2.05) is 0 Å². The van der Waals surface area contributed by atoms with Crippen LogP contribution in [0.1, 0.15) is 49.4 Å². The third-order valence-corrected chi connectivity index (χ3v) is 6.34. The van der Waals surface area contributed by atoms with Crippen LogP contribution in [0.15, 0.2) is 41.0 Å². The minimum Gasteiger partial charge on any atom is -0.495 e. The first-order chi connectivity index (χ1) is 16.7. The molecule has 4 rings (SSSR count). The Hall–Kier alpha value is -3.83. The second kappa shape index (κ2) is 9.80. The lowest BCUT2D eigenvalue weighted by Gasteiger charge is -2.34. The highest BCUT2D eigenvalue weighted by atomic mass is 19.1. The summed E-state index contributed by atoms with van der Waals surface area (Å²) < 4.78 is 35.4. The molecule has 2 atom stereocenters. The molecule has 2 aliphatic rings. The minimum absolute atomic E-state index is 0.0825. The molecule has 186 valence electrons. The molecule has 1 aromatic heterocycles. The molecule has 1 heterocycles. The Morgan fingerprint density at radius 3 is 2.57 bits per heavy atom. The van der Waals surface area contributed by atoms with Crippen molar-refractivity contribution in [3.63, 3.8) is 0 Å². The molecule has 2 unspecified atom stereocenters. The van der Waals surface area contributed by atoms with Gasteiger partial charge < -0.3 is 9.84 Å². The van der Waals surface area contributed by atoms with Gasteiger partial charge in [0.25, 0.3) is 0 Å². The van der Waals surface area contributed by atoms with E-state index in [4.69, 9.17) is 4.74 Å². The van der Waals surface area contributed by atoms with Gasteiger partial charge in [0.2, 0.25) is 0 Å². The lowest BCUT2D eigenvalue weighted by atomic mass is 9.93. The molecule has 0 radical (unpaired) electrons. The van der Waals surface area contributed by atoms with Gasteiger partial charge in [0.1, 0.15) is 17.3 Å². The number of methoxy groups -OCH3 is 1. The maximum atomic E-state index is 14.7. The lowest BCUT2D eigenvalue weighted by Crippen LogP contribution is -2.47. The monoisotopic (exact) mass is 489 g/mol. The summed E-state index contributed by atoms with van der Waals surface area (Å²) in [6.45, 7) is 1.51. The lowest BCUT2D eigenvalue weighted by molar-refractivity contribution is 0.0696. The van der Waals surface area contributed by atoms with Gasteiger partial charge in [0.15, 0.2) is 6.17 Å². The number of ether oxygens (including phenoxy) is 1.